The Balaban J connectivity index is 2.46. The van der Waals surface area contributed by atoms with Crippen molar-refractivity contribution in [1.29, 1.82) is 0 Å². The zero-order valence-corrected chi connectivity index (χ0v) is 13.3. The average Bonchev–Trinajstić information content (AvgIpc) is 2.36. The van der Waals surface area contributed by atoms with E-state index in [9.17, 15) is 17.2 Å². The van der Waals surface area contributed by atoms with Crippen molar-refractivity contribution < 1.29 is 17.2 Å². The molecule has 1 aliphatic carbocycles. The first-order valence-corrected chi connectivity index (χ1v) is 8.68. The maximum atomic E-state index is 13.9. The number of sulfone groups is 1. The quantitative estimate of drug-likeness (QED) is 0.872. The van der Waals surface area contributed by atoms with Gasteiger partial charge in [-0.1, -0.05) is 13.8 Å². The highest BCUT2D eigenvalue weighted by molar-refractivity contribution is 7.92. The van der Waals surface area contributed by atoms with Gasteiger partial charge in [0, 0.05) is 12.1 Å². The summed E-state index contributed by atoms with van der Waals surface area (Å²) in [6.07, 6.45) is 1.51. The van der Waals surface area contributed by atoms with Crippen LogP contribution in [-0.2, 0) is 9.84 Å². The van der Waals surface area contributed by atoms with Gasteiger partial charge in [0.25, 0.3) is 0 Å². The SMILES string of the molecule is CNC1CC(C)CC(C)C1S(=O)(=O)c1ccc(F)cc1F. The Kier molecular flexibility index (Phi) is 4.68. The normalized spacial score (nSPS) is 30.3. The van der Waals surface area contributed by atoms with Crippen molar-refractivity contribution in [2.75, 3.05) is 7.05 Å². The first-order valence-electron chi connectivity index (χ1n) is 7.13. The fraction of sp³-hybridized carbons (Fsp3) is 0.600. The van der Waals surface area contributed by atoms with Crippen LogP contribution in [0.25, 0.3) is 0 Å². The number of hydrogen-bond donors (Lipinski definition) is 1. The van der Waals surface area contributed by atoms with Gasteiger partial charge < -0.3 is 5.32 Å². The number of nitrogens with one attached hydrogen (secondary N) is 1. The van der Waals surface area contributed by atoms with E-state index >= 15 is 0 Å². The second-order valence-electron chi connectivity index (χ2n) is 6.03. The zero-order chi connectivity index (χ0) is 15.8. The van der Waals surface area contributed by atoms with Crippen molar-refractivity contribution in [1.82, 2.24) is 5.32 Å². The first-order chi connectivity index (χ1) is 9.77. The van der Waals surface area contributed by atoms with Gasteiger partial charge in [-0.15, -0.1) is 0 Å². The molecule has 118 valence electrons. The Labute approximate surface area is 124 Å². The van der Waals surface area contributed by atoms with Crippen molar-refractivity contribution in [3.63, 3.8) is 0 Å². The van der Waals surface area contributed by atoms with E-state index in [1.807, 2.05) is 6.92 Å². The van der Waals surface area contributed by atoms with Crippen LogP contribution < -0.4 is 5.32 Å². The molecule has 0 radical (unpaired) electrons. The van der Waals surface area contributed by atoms with E-state index in [1.165, 1.54) is 0 Å². The molecule has 0 saturated heterocycles. The number of halogens is 2. The molecule has 0 bridgehead atoms. The van der Waals surface area contributed by atoms with E-state index < -0.39 is 31.6 Å². The van der Waals surface area contributed by atoms with Gasteiger partial charge in [-0.25, -0.2) is 17.2 Å². The molecule has 0 aromatic heterocycles. The molecule has 1 aliphatic rings. The summed E-state index contributed by atoms with van der Waals surface area (Å²) >= 11 is 0. The fourth-order valence-corrected chi connectivity index (χ4v) is 5.77. The van der Waals surface area contributed by atoms with E-state index in [2.05, 4.69) is 12.2 Å². The van der Waals surface area contributed by atoms with Crippen LogP contribution in [0.1, 0.15) is 26.7 Å². The van der Waals surface area contributed by atoms with Gasteiger partial charge in [-0.05, 0) is 43.9 Å². The lowest BCUT2D eigenvalue weighted by Crippen LogP contribution is -2.50. The Morgan fingerprint density at radius 3 is 2.43 bits per heavy atom. The monoisotopic (exact) mass is 317 g/mol. The van der Waals surface area contributed by atoms with Crippen LogP contribution in [-0.4, -0.2) is 26.8 Å². The molecule has 1 aromatic carbocycles. The summed E-state index contributed by atoms with van der Waals surface area (Å²) in [7, 11) is -2.13. The third-order valence-electron chi connectivity index (χ3n) is 4.32. The lowest BCUT2D eigenvalue weighted by Gasteiger charge is -2.39. The van der Waals surface area contributed by atoms with Crippen molar-refractivity contribution in [2.45, 2.75) is 42.9 Å². The minimum absolute atomic E-state index is 0.0827. The van der Waals surface area contributed by atoms with E-state index in [4.69, 9.17) is 0 Å². The smallest absolute Gasteiger partial charge is 0.185 e. The average molecular weight is 317 g/mol. The van der Waals surface area contributed by atoms with Crippen molar-refractivity contribution in [2.24, 2.45) is 11.8 Å². The molecule has 0 spiro atoms. The highest BCUT2D eigenvalue weighted by atomic mass is 32.2. The van der Waals surface area contributed by atoms with Crippen molar-refractivity contribution in [3.05, 3.63) is 29.8 Å². The fourth-order valence-electron chi connectivity index (χ4n) is 3.49. The Hall–Kier alpha value is -1.01. The van der Waals surface area contributed by atoms with Gasteiger partial charge in [0.15, 0.2) is 9.84 Å². The molecule has 21 heavy (non-hydrogen) atoms. The molecule has 1 aromatic rings. The number of rotatable bonds is 3. The van der Waals surface area contributed by atoms with Gasteiger partial charge in [0.2, 0.25) is 0 Å². The molecular formula is C15H21F2NO2S. The van der Waals surface area contributed by atoms with Crippen LogP contribution in [0, 0.1) is 23.5 Å². The Bertz CT molecular complexity index is 618. The van der Waals surface area contributed by atoms with Crippen LogP contribution in [0.2, 0.25) is 0 Å². The molecule has 6 heteroatoms. The lowest BCUT2D eigenvalue weighted by molar-refractivity contribution is 0.249. The summed E-state index contributed by atoms with van der Waals surface area (Å²) in [4.78, 5) is -0.407. The summed E-state index contributed by atoms with van der Waals surface area (Å²) in [6, 6.07) is 2.41. The zero-order valence-electron chi connectivity index (χ0n) is 12.4. The first kappa shape index (κ1) is 16.4. The molecule has 0 amide bonds. The molecule has 4 unspecified atom stereocenters. The minimum atomic E-state index is -3.85. The van der Waals surface area contributed by atoms with Gasteiger partial charge in [-0.2, -0.15) is 0 Å². The van der Waals surface area contributed by atoms with E-state index in [1.54, 1.807) is 7.05 Å². The highest BCUT2D eigenvalue weighted by Gasteiger charge is 2.43. The number of benzene rings is 1. The van der Waals surface area contributed by atoms with Crippen LogP contribution >= 0.6 is 0 Å². The molecule has 2 rings (SSSR count). The molecular weight excluding hydrogens is 296 g/mol. The maximum absolute atomic E-state index is 13.9. The summed E-state index contributed by atoms with van der Waals surface area (Å²) in [5.41, 5.74) is 0. The number of hydrogen-bond acceptors (Lipinski definition) is 3. The predicted molar refractivity (Wildman–Crippen MR) is 77.7 cm³/mol. The van der Waals surface area contributed by atoms with Crippen LogP contribution in [0.4, 0.5) is 8.78 Å². The molecule has 1 N–H and O–H groups in total. The van der Waals surface area contributed by atoms with E-state index in [-0.39, 0.29) is 12.0 Å². The summed E-state index contributed by atoms with van der Waals surface area (Å²) in [6.45, 7) is 3.96. The second-order valence-corrected chi connectivity index (χ2v) is 8.11. The summed E-state index contributed by atoms with van der Waals surface area (Å²) in [5.74, 6) is -1.46. The van der Waals surface area contributed by atoms with E-state index in [0.717, 1.165) is 25.0 Å². The molecule has 4 atom stereocenters. The molecule has 0 aliphatic heterocycles. The highest BCUT2D eigenvalue weighted by Crippen LogP contribution is 2.36. The van der Waals surface area contributed by atoms with Gasteiger partial charge >= 0.3 is 0 Å². The Morgan fingerprint density at radius 1 is 1.19 bits per heavy atom. The van der Waals surface area contributed by atoms with Crippen molar-refractivity contribution in [3.8, 4) is 0 Å². The maximum Gasteiger partial charge on any atom is 0.185 e. The van der Waals surface area contributed by atoms with Crippen molar-refractivity contribution >= 4 is 9.84 Å². The predicted octanol–water partition coefficient (Wildman–Crippen LogP) is 2.76. The summed E-state index contributed by atoms with van der Waals surface area (Å²) in [5, 5.41) is 2.35. The third kappa shape index (κ3) is 3.11. The minimum Gasteiger partial charge on any atom is -0.316 e. The van der Waals surface area contributed by atoms with E-state index in [0.29, 0.717) is 12.0 Å². The van der Waals surface area contributed by atoms with Gasteiger partial charge in [0.05, 0.1) is 5.25 Å². The molecule has 0 heterocycles. The van der Waals surface area contributed by atoms with Gasteiger partial charge in [-0.3, -0.25) is 0 Å². The van der Waals surface area contributed by atoms with Crippen LogP contribution in [0.15, 0.2) is 23.1 Å². The molecule has 3 nitrogen and oxygen atoms in total. The summed E-state index contributed by atoms with van der Waals surface area (Å²) < 4.78 is 52.5. The molecule has 1 saturated carbocycles. The molecule has 1 fully saturated rings. The standard InChI is InChI=1S/C15H21F2NO2S/c1-9-6-10(2)15(13(7-9)18-3)21(19,20)14-5-4-11(16)8-12(14)17/h4-5,8-10,13,15,18H,6-7H2,1-3H3. The van der Waals surface area contributed by atoms with Crippen LogP contribution in [0.5, 0.6) is 0 Å². The largest absolute Gasteiger partial charge is 0.316 e. The lowest BCUT2D eigenvalue weighted by atomic mass is 9.80. The third-order valence-corrected chi connectivity index (χ3v) is 6.77. The van der Waals surface area contributed by atoms with Gasteiger partial charge in [0.1, 0.15) is 16.5 Å². The Morgan fingerprint density at radius 2 is 1.86 bits per heavy atom. The topological polar surface area (TPSA) is 46.2 Å². The second kappa shape index (κ2) is 6.01. The van der Waals surface area contributed by atoms with Crippen LogP contribution in [0.3, 0.4) is 0 Å².